The van der Waals surface area contributed by atoms with Crippen LogP contribution in [0, 0.1) is 23.7 Å². The molecule has 4 saturated heterocycles. The molecule has 0 spiro atoms. The Bertz CT molecular complexity index is 993. The van der Waals surface area contributed by atoms with E-state index in [0.717, 1.165) is 51.7 Å². The van der Waals surface area contributed by atoms with Gasteiger partial charge in [-0.2, -0.15) is 0 Å². The van der Waals surface area contributed by atoms with Crippen LogP contribution in [-0.4, -0.2) is 72.0 Å². The van der Waals surface area contributed by atoms with Gasteiger partial charge in [0.05, 0.1) is 12.6 Å². The molecular formula is C30H48N3O6+. The molecule has 1 amide bonds. The third-order valence-corrected chi connectivity index (χ3v) is 10.5. The van der Waals surface area contributed by atoms with Crippen LogP contribution < -0.4 is 11.1 Å². The first-order valence-electron chi connectivity index (χ1n) is 15.1. The zero-order valence-electron chi connectivity index (χ0n) is 24.2. The van der Waals surface area contributed by atoms with Gasteiger partial charge in [-0.05, 0) is 77.6 Å². The zero-order valence-corrected chi connectivity index (χ0v) is 24.2. The molecule has 1 saturated carbocycles. The highest BCUT2D eigenvalue weighted by atomic mass is 16.6. The van der Waals surface area contributed by atoms with Crippen LogP contribution >= 0.6 is 0 Å². The largest absolute Gasteiger partial charge is 0.462 e. The summed E-state index contributed by atoms with van der Waals surface area (Å²) in [4.78, 5) is 40.0. The Balaban J connectivity index is 1.41. The van der Waals surface area contributed by atoms with E-state index in [-0.39, 0.29) is 48.1 Å². The fourth-order valence-electron chi connectivity index (χ4n) is 7.72. The molecule has 8 unspecified atom stereocenters. The SMILES string of the molecule is CC=C(C)C(=O)OC(C)(C)C1(CC2CC(N)[NH2+]CC2CC(=O)N2CCC2)CC2CC3CCC(=O)OC3CC2O1. The van der Waals surface area contributed by atoms with Gasteiger partial charge in [-0.15, -0.1) is 0 Å². The molecule has 9 nitrogen and oxygen atoms in total. The second-order valence-electron chi connectivity index (χ2n) is 13.3. The van der Waals surface area contributed by atoms with Crippen LogP contribution in [0.2, 0.25) is 0 Å². The van der Waals surface area contributed by atoms with E-state index in [4.69, 9.17) is 19.9 Å². The van der Waals surface area contributed by atoms with Crippen molar-refractivity contribution < 1.29 is 33.9 Å². The Morgan fingerprint density at radius 3 is 2.64 bits per heavy atom. The molecule has 4 aliphatic heterocycles. The topological polar surface area (TPSA) is 125 Å². The molecular weight excluding hydrogens is 498 g/mol. The number of esters is 2. The predicted molar refractivity (Wildman–Crippen MR) is 144 cm³/mol. The minimum absolute atomic E-state index is 0.0238. The summed E-state index contributed by atoms with van der Waals surface area (Å²) in [5, 5.41) is 2.16. The Kier molecular flexibility index (Phi) is 8.15. The van der Waals surface area contributed by atoms with E-state index < -0.39 is 11.2 Å². The lowest BCUT2D eigenvalue weighted by Gasteiger charge is -2.47. The number of likely N-dealkylation sites (tertiary alicyclic amines) is 1. The van der Waals surface area contributed by atoms with Crippen LogP contribution in [0.15, 0.2) is 11.6 Å². The van der Waals surface area contributed by atoms with Crippen molar-refractivity contribution >= 4 is 17.8 Å². The van der Waals surface area contributed by atoms with Gasteiger partial charge in [0.15, 0.2) is 0 Å². The molecule has 0 aromatic rings. The molecule has 0 aromatic heterocycles. The first-order chi connectivity index (χ1) is 18.5. The summed E-state index contributed by atoms with van der Waals surface area (Å²) in [6.45, 7) is 10.1. The van der Waals surface area contributed by atoms with Crippen molar-refractivity contribution in [2.75, 3.05) is 19.6 Å². The smallest absolute Gasteiger partial charge is 0.334 e. The Hall–Kier alpha value is -1.97. The average Bonchev–Trinajstić information content (AvgIpc) is 3.21. The van der Waals surface area contributed by atoms with Gasteiger partial charge in [-0.25, -0.2) is 4.79 Å². The van der Waals surface area contributed by atoms with Crippen molar-refractivity contribution in [2.45, 2.75) is 115 Å². The highest BCUT2D eigenvalue weighted by molar-refractivity contribution is 5.88. The minimum Gasteiger partial charge on any atom is -0.462 e. The summed E-state index contributed by atoms with van der Waals surface area (Å²) < 4.78 is 19.0. The Morgan fingerprint density at radius 2 is 1.95 bits per heavy atom. The van der Waals surface area contributed by atoms with Gasteiger partial charge >= 0.3 is 11.9 Å². The van der Waals surface area contributed by atoms with E-state index in [9.17, 15) is 14.4 Å². The first-order valence-corrected chi connectivity index (χ1v) is 15.1. The number of carbonyl (C=O) groups excluding carboxylic acids is 3. The standard InChI is InChI=1S/C30H47N3O6/c1-5-18(2)28(36)39-29(3,4)30(16-21-11-19-7-8-27(35)37-23(19)14-24(21)38-30)15-20-12-25(31)32-17-22(20)13-26(34)33-9-6-10-33/h5,19-25,32H,6-17,31H2,1-4H3/p+1. The summed E-state index contributed by atoms with van der Waals surface area (Å²) in [7, 11) is 0. The first kappa shape index (κ1) is 28.6. The molecule has 9 heteroatoms. The number of rotatable bonds is 7. The highest BCUT2D eigenvalue weighted by Crippen LogP contribution is 2.54. The predicted octanol–water partition coefficient (Wildman–Crippen LogP) is 2.03. The van der Waals surface area contributed by atoms with Crippen LogP contribution in [-0.2, 0) is 28.6 Å². The lowest BCUT2D eigenvalue weighted by molar-refractivity contribution is -0.706. The monoisotopic (exact) mass is 546 g/mol. The maximum atomic E-state index is 13.0. The molecule has 0 bridgehead atoms. The molecule has 0 aromatic carbocycles. The Labute approximate surface area is 232 Å². The van der Waals surface area contributed by atoms with Crippen molar-refractivity contribution in [3.63, 3.8) is 0 Å². The summed E-state index contributed by atoms with van der Waals surface area (Å²) in [6.07, 6.45) is 8.46. The van der Waals surface area contributed by atoms with Gasteiger partial charge in [0.25, 0.3) is 0 Å². The van der Waals surface area contributed by atoms with Gasteiger partial charge < -0.3 is 24.4 Å². The van der Waals surface area contributed by atoms with Gasteiger partial charge in [0, 0.05) is 50.3 Å². The van der Waals surface area contributed by atoms with Gasteiger partial charge in [0.1, 0.15) is 23.5 Å². The third-order valence-electron chi connectivity index (χ3n) is 10.5. The number of nitrogens with zero attached hydrogens (tertiary/aromatic N) is 1. The Morgan fingerprint density at radius 1 is 1.18 bits per heavy atom. The van der Waals surface area contributed by atoms with Crippen molar-refractivity contribution in [1.82, 2.24) is 4.90 Å². The molecule has 39 heavy (non-hydrogen) atoms. The normalized spacial score (nSPS) is 38.8. The number of carbonyl (C=O) groups is 3. The summed E-state index contributed by atoms with van der Waals surface area (Å²) in [5.41, 5.74) is 5.41. The van der Waals surface area contributed by atoms with Crippen LogP contribution in [0.25, 0.3) is 0 Å². The lowest BCUT2D eigenvalue weighted by Crippen LogP contribution is -2.96. The van der Waals surface area contributed by atoms with E-state index in [0.29, 0.717) is 43.1 Å². The molecule has 4 N–H and O–H groups in total. The number of nitrogens with two attached hydrogens (primary N) is 2. The van der Waals surface area contributed by atoms with Crippen molar-refractivity contribution in [3.05, 3.63) is 11.6 Å². The lowest BCUT2D eigenvalue weighted by atomic mass is 9.67. The minimum atomic E-state index is -0.898. The fraction of sp³-hybridized carbons (Fsp3) is 0.833. The third kappa shape index (κ3) is 5.77. The van der Waals surface area contributed by atoms with Crippen LogP contribution in [0.4, 0.5) is 0 Å². The molecule has 5 rings (SSSR count). The molecule has 5 fully saturated rings. The zero-order chi connectivity index (χ0) is 27.9. The number of piperidine rings is 1. The van der Waals surface area contributed by atoms with Crippen molar-refractivity contribution in [2.24, 2.45) is 29.4 Å². The number of amides is 1. The van der Waals surface area contributed by atoms with E-state index in [2.05, 4.69) is 5.32 Å². The number of hydrogen-bond acceptors (Lipinski definition) is 7. The van der Waals surface area contributed by atoms with Gasteiger partial charge in [-0.1, -0.05) is 6.08 Å². The quantitative estimate of drug-likeness (QED) is 0.370. The van der Waals surface area contributed by atoms with E-state index in [1.807, 2.05) is 25.7 Å². The molecule has 4 heterocycles. The summed E-state index contributed by atoms with van der Waals surface area (Å²) in [5.74, 6) is 0.825. The van der Waals surface area contributed by atoms with Crippen molar-refractivity contribution in [3.8, 4) is 0 Å². The maximum absolute atomic E-state index is 13.0. The number of quaternary nitrogens is 1. The van der Waals surface area contributed by atoms with Gasteiger partial charge in [0.2, 0.25) is 5.91 Å². The molecule has 8 atom stereocenters. The van der Waals surface area contributed by atoms with Crippen LogP contribution in [0.3, 0.4) is 0 Å². The van der Waals surface area contributed by atoms with Gasteiger partial charge in [-0.3, -0.25) is 15.3 Å². The number of fused-ring (bicyclic) bond motifs is 2. The number of hydrogen-bond donors (Lipinski definition) is 2. The highest BCUT2D eigenvalue weighted by Gasteiger charge is 2.61. The molecule has 5 aliphatic rings. The van der Waals surface area contributed by atoms with E-state index in [1.165, 1.54) is 0 Å². The molecule has 0 radical (unpaired) electrons. The maximum Gasteiger partial charge on any atom is 0.334 e. The number of ether oxygens (including phenoxy) is 3. The second kappa shape index (κ2) is 11.1. The molecule has 218 valence electrons. The van der Waals surface area contributed by atoms with Crippen LogP contribution in [0.1, 0.15) is 85.5 Å². The second-order valence-corrected chi connectivity index (χ2v) is 13.3. The van der Waals surface area contributed by atoms with E-state index >= 15 is 0 Å². The average molecular weight is 547 g/mol. The van der Waals surface area contributed by atoms with Crippen molar-refractivity contribution in [1.29, 1.82) is 0 Å². The fourth-order valence-corrected chi connectivity index (χ4v) is 7.72. The summed E-state index contributed by atoms with van der Waals surface area (Å²) >= 11 is 0. The number of allylic oxidation sites excluding steroid dienone is 1. The molecule has 1 aliphatic carbocycles. The summed E-state index contributed by atoms with van der Waals surface area (Å²) in [6, 6.07) is 0. The van der Waals surface area contributed by atoms with Crippen LogP contribution in [0.5, 0.6) is 0 Å². The van der Waals surface area contributed by atoms with E-state index in [1.54, 1.807) is 13.0 Å².